The van der Waals surface area contributed by atoms with Gasteiger partial charge >= 0.3 is 0 Å². The zero-order valence-electron chi connectivity index (χ0n) is 19.2. The van der Waals surface area contributed by atoms with Crippen molar-refractivity contribution in [2.45, 2.75) is 57.8 Å². The van der Waals surface area contributed by atoms with Crippen LogP contribution in [-0.4, -0.2) is 13.0 Å². The van der Waals surface area contributed by atoms with Crippen LogP contribution in [0.1, 0.15) is 50.7 Å². The van der Waals surface area contributed by atoms with Crippen LogP contribution in [0.5, 0.6) is 17.2 Å². The molecule has 3 aromatic carbocycles. The first kappa shape index (κ1) is 24.7. The Morgan fingerprint density at radius 2 is 1.61 bits per heavy atom. The summed E-state index contributed by atoms with van der Waals surface area (Å²) in [7, 11) is 0. The van der Waals surface area contributed by atoms with Gasteiger partial charge in [0.2, 0.25) is 6.43 Å². The van der Waals surface area contributed by atoms with Crippen LogP contribution in [0.4, 0.5) is 13.2 Å². The van der Waals surface area contributed by atoms with Gasteiger partial charge in [-0.15, -0.1) is 0 Å². The van der Waals surface area contributed by atoms with Crippen LogP contribution in [0.3, 0.4) is 0 Å². The summed E-state index contributed by atoms with van der Waals surface area (Å²) in [6.07, 6.45) is 0.868. The molecule has 0 heterocycles. The Bertz CT molecular complexity index is 990. The molecule has 5 heteroatoms. The third-order valence-corrected chi connectivity index (χ3v) is 5.89. The zero-order chi connectivity index (χ0) is 23.7. The predicted octanol–water partition coefficient (Wildman–Crippen LogP) is 8.34. The van der Waals surface area contributed by atoms with Gasteiger partial charge in [0.25, 0.3) is 0 Å². The normalized spacial score (nSPS) is 13.0. The molecule has 0 aliphatic heterocycles. The van der Waals surface area contributed by atoms with Gasteiger partial charge < -0.3 is 9.47 Å². The van der Waals surface area contributed by atoms with Crippen molar-refractivity contribution in [3.63, 3.8) is 0 Å². The van der Waals surface area contributed by atoms with Gasteiger partial charge in [-0.1, -0.05) is 56.7 Å². The van der Waals surface area contributed by atoms with Gasteiger partial charge in [0.1, 0.15) is 11.5 Å². The second kappa shape index (κ2) is 11.8. The van der Waals surface area contributed by atoms with Crippen molar-refractivity contribution in [3.05, 3.63) is 89.7 Å². The summed E-state index contributed by atoms with van der Waals surface area (Å²) in [5.41, 5.74) is 0.164. The molecule has 0 spiro atoms. The number of para-hydroxylation sites is 1. The molecule has 1 atom stereocenters. The van der Waals surface area contributed by atoms with Gasteiger partial charge in [-0.05, 0) is 73.2 Å². The van der Waals surface area contributed by atoms with Crippen LogP contribution in [0.25, 0.3) is 0 Å². The number of hydrogen-bond acceptors (Lipinski definition) is 2. The van der Waals surface area contributed by atoms with Crippen LogP contribution < -0.4 is 9.47 Å². The standard InChI is InChI=1S/C28H31F3O2/c1-3-4-19-32-23-15-13-22(14-16-23)28(2,27(30)31)18-8-9-21-12-17-25(29)26(20-21)33-24-10-6-5-7-11-24/h5-7,10-17,20,27H,3-4,8-9,18-19H2,1-2H3. The van der Waals surface area contributed by atoms with Crippen molar-refractivity contribution in [2.75, 3.05) is 6.61 Å². The molecular formula is C28H31F3O2. The number of hydrogen-bond donors (Lipinski definition) is 0. The fourth-order valence-corrected chi connectivity index (χ4v) is 3.70. The Balaban J connectivity index is 1.64. The van der Waals surface area contributed by atoms with E-state index in [-0.39, 0.29) is 5.75 Å². The first-order valence-electron chi connectivity index (χ1n) is 11.4. The summed E-state index contributed by atoms with van der Waals surface area (Å²) in [4.78, 5) is 0. The highest BCUT2D eigenvalue weighted by Crippen LogP contribution is 2.37. The lowest BCUT2D eigenvalue weighted by Gasteiger charge is -2.29. The lowest BCUT2D eigenvalue weighted by molar-refractivity contribution is 0.0526. The number of aryl methyl sites for hydroxylation is 1. The second-order valence-electron chi connectivity index (χ2n) is 8.48. The van der Waals surface area contributed by atoms with Crippen molar-refractivity contribution in [1.82, 2.24) is 0 Å². The maximum absolute atomic E-state index is 14.2. The molecule has 0 bridgehead atoms. The summed E-state index contributed by atoms with van der Waals surface area (Å²) < 4.78 is 53.7. The van der Waals surface area contributed by atoms with E-state index in [9.17, 15) is 13.2 Å². The first-order valence-corrected chi connectivity index (χ1v) is 11.4. The largest absolute Gasteiger partial charge is 0.494 e. The Labute approximate surface area is 194 Å². The average molecular weight is 457 g/mol. The van der Waals surface area contributed by atoms with Gasteiger partial charge in [0, 0.05) is 0 Å². The molecule has 1 unspecified atom stereocenters. The van der Waals surface area contributed by atoms with Crippen molar-refractivity contribution in [3.8, 4) is 17.2 Å². The highest BCUT2D eigenvalue weighted by atomic mass is 19.3. The van der Waals surface area contributed by atoms with Crippen LogP contribution in [0.15, 0.2) is 72.8 Å². The van der Waals surface area contributed by atoms with Crippen LogP contribution in [0.2, 0.25) is 0 Å². The van der Waals surface area contributed by atoms with Crippen LogP contribution in [0, 0.1) is 5.82 Å². The summed E-state index contributed by atoms with van der Waals surface area (Å²) in [5, 5.41) is 0. The van der Waals surface area contributed by atoms with Crippen molar-refractivity contribution < 1.29 is 22.6 Å². The molecule has 0 N–H and O–H groups in total. The van der Waals surface area contributed by atoms with Crippen molar-refractivity contribution in [2.24, 2.45) is 0 Å². The van der Waals surface area contributed by atoms with Gasteiger partial charge in [0.15, 0.2) is 11.6 Å². The summed E-state index contributed by atoms with van der Waals surface area (Å²) in [5.74, 6) is 0.914. The van der Waals surface area contributed by atoms with E-state index in [2.05, 4.69) is 6.92 Å². The first-order chi connectivity index (χ1) is 15.9. The van der Waals surface area contributed by atoms with Gasteiger partial charge in [-0.2, -0.15) is 0 Å². The molecule has 2 nitrogen and oxygen atoms in total. The molecule has 0 fully saturated rings. The van der Waals surface area contributed by atoms with Crippen LogP contribution in [-0.2, 0) is 11.8 Å². The Kier molecular flexibility index (Phi) is 8.81. The predicted molar refractivity (Wildman–Crippen MR) is 126 cm³/mol. The topological polar surface area (TPSA) is 18.5 Å². The molecule has 176 valence electrons. The lowest BCUT2D eigenvalue weighted by atomic mass is 9.78. The molecule has 0 aromatic heterocycles. The fourth-order valence-electron chi connectivity index (χ4n) is 3.70. The Hall–Kier alpha value is -2.95. The minimum atomic E-state index is -2.51. The highest BCUT2D eigenvalue weighted by molar-refractivity contribution is 5.36. The molecule has 33 heavy (non-hydrogen) atoms. The van der Waals surface area contributed by atoms with Gasteiger partial charge in [0.05, 0.1) is 12.0 Å². The minimum Gasteiger partial charge on any atom is -0.494 e. The third-order valence-electron chi connectivity index (χ3n) is 5.89. The number of ether oxygens (including phenoxy) is 2. The smallest absolute Gasteiger partial charge is 0.247 e. The maximum Gasteiger partial charge on any atom is 0.247 e. The minimum absolute atomic E-state index is 0.133. The van der Waals surface area contributed by atoms with E-state index in [4.69, 9.17) is 9.47 Å². The van der Waals surface area contributed by atoms with E-state index >= 15 is 0 Å². The van der Waals surface area contributed by atoms with E-state index < -0.39 is 17.7 Å². The molecule has 3 rings (SSSR count). The third kappa shape index (κ3) is 6.77. The van der Waals surface area contributed by atoms with E-state index in [0.29, 0.717) is 42.9 Å². The monoisotopic (exact) mass is 456 g/mol. The highest BCUT2D eigenvalue weighted by Gasteiger charge is 2.36. The van der Waals surface area contributed by atoms with Crippen LogP contribution >= 0.6 is 0 Å². The quantitative estimate of drug-likeness (QED) is 0.255. The number of alkyl halides is 2. The summed E-state index contributed by atoms with van der Waals surface area (Å²) in [6, 6.07) is 20.6. The van der Waals surface area contributed by atoms with E-state index in [1.165, 1.54) is 6.07 Å². The molecule has 3 aromatic rings. The van der Waals surface area contributed by atoms with Crippen molar-refractivity contribution >= 4 is 0 Å². The Morgan fingerprint density at radius 1 is 0.879 bits per heavy atom. The fraction of sp³-hybridized carbons (Fsp3) is 0.357. The molecule has 0 aliphatic carbocycles. The Morgan fingerprint density at radius 3 is 2.27 bits per heavy atom. The molecule has 0 amide bonds. The molecular weight excluding hydrogens is 425 g/mol. The molecule has 0 radical (unpaired) electrons. The molecule has 0 saturated carbocycles. The van der Waals surface area contributed by atoms with Gasteiger partial charge in [-0.3, -0.25) is 0 Å². The van der Waals surface area contributed by atoms with Gasteiger partial charge in [-0.25, -0.2) is 13.2 Å². The van der Waals surface area contributed by atoms with E-state index in [1.54, 1.807) is 55.5 Å². The second-order valence-corrected chi connectivity index (χ2v) is 8.48. The molecule has 0 saturated heterocycles. The number of halogens is 3. The van der Waals surface area contributed by atoms with E-state index in [1.807, 2.05) is 18.2 Å². The number of benzene rings is 3. The number of unbranched alkanes of at least 4 members (excludes halogenated alkanes) is 1. The molecule has 0 aliphatic rings. The summed E-state index contributed by atoms with van der Waals surface area (Å²) in [6.45, 7) is 4.30. The summed E-state index contributed by atoms with van der Waals surface area (Å²) >= 11 is 0. The SMILES string of the molecule is CCCCOc1ccc(C(C)(CCCc2ccc(F)c(Oc3ccccc3)c2)C(F)F)cc1. The lowest BCUT2D eigenvalue weighted by Crippen LogP contribution is -2.31. The average Bonchev–Trinajstić information content (AvgIpc) is 2.82. The van der Waals surface area contributed by atoms with E-state index in [0.717, 1.165) is 18.4 Å². The maximum atomic E-state index is 14.2. The zero-order valence-corrected chi connectivity index (χ0v) is 19.2. The van der Waals surface area contributed by atoms with Crippen molar-refractivity contribution in [1.29, 1.82) is 0 Å². The number of rotatable bonds is 12.